The molecule has 1 amide bonds. The molecular weight excluding hydrogens is 256 g/mol. The van der Waals surface area contributed by atoms with E-state index in [-0.39, 0.29) is 17.2 Å². The van der Waals surface area contributed by atoms with Crippen LogP contribution in [0.2, 0.25) is 5.15 Å². The van der Waals surface area contributed by atoms with E-state index >= 15 is 0 Å². The van der Waals surface area contributed by atoms with Gasteiger partial charge in [-0.1, -0.05) is 11.6 Å². The van der Waals surface area contributed by atoms with Crippen LogP contribution in [0.15, 0.2) is 12.1 Å². The number of morpholine rings is 1. The highest BCUT2D eigenvalue weighted by molar-refractivity contribution is 6.29. The summed E-state index contributed by atoms with van der Waals surface area (Å²) in [6.07, 6.45) is 0.0483. The minimum absolute atomic E-state index is 0.0483. The Morgan fingerprint density at radius 2 is 2.44 bits per heavy atom. The van der Waals surface area contributed by atoms with Crippen LogP contribution in [0.25, 0.3) is 0 Å². The Morgan fingerprint density at radius 3 is 3.11 bits per heavy atom. The molecule has 0 saturated carbocycles. The molecule has 0 radical (unpaired) electrons. The highest BCUT2D eigenvalue weighted by Crippen LogP contribution is 2.17. The molecule has 0 aromatic carbocycles. The minimum Gasteiger partial charge on any atom is -0.375 e. The van der Waals surface area contributed by atoms with E-state index in [0.29, 0.717) is 31.1 Å². The number of carbonyl (C=O) groups excluding carboxylic acids is 1. The van der Waals surface area contributed by atoms with Crippen LogP contribution in [0.1, 0.15) is 17.3 Å². The number of nitrogen functional groups attached to an aromatic ring is 1. The number of pyridine rings is 1. The van der Waals surface area contributed by atoms with Gasteiger partial charge in [0.25, 0.3) is 5.91 Å². The fourth-order valence-electron chi connectivity index (χ4n) is 1.88. The molecule has 1 aliphatic rings. The lowest BCUT2D eigenvalue weighted by Gasteiger charge is -2.31. The average molecular weight is 271 g/mol. The molecule has 2 rings (SSSR count). The molecule has 98 valence electrons. The number of nitrogens with zero attached hydrogens (tertiary/aromatic N) is 2. The Bertz CT molecular complexity index is 455. The number of anilines is 1. The van der Waals surface area contributed by atoms with Gasteiger partial charge in [-0.05, 0) is 19.1 Å². The predicted molar refractivity (Wildman–Crippen MR) is 68.4 cm³/mol. The Labute approximate surface area is 110 Å². The summed E-state index contributed by atoms with van der Waals surface area (Å²) in [7, 11) is 0. The van der Waals surface area contributed by atoms with Gasteiger partial charge in [0.1, 0.15) is 11.0 Å². The van der Waals surface area contributed by atoms with Crippen LogP contribution >= 0.6 is 11.6 Å². The van der Waals surface area contributed by atoms with Gasteiger partial charge < -0.3 is 15.1 Å². The highest BCUT2D eigenvalue weighted by atomic mass is 35.5. The lowest BCUT2D eigenvalue weighted by Crippen LogP contribution is -2.44. The van der Waals surface area contributed by atoms with Crippen molar-refractivity contribution >= 4 is 23.3 Å². The first-order valence-electron chi connectivity index (χ1n) is 5.65. The summed E-state index contributed by atoms with van der Waals surface area (Å²) < 4.78 is 5.40. The maximum absolute atomic E-state index is 12.3. The van der Waals surface area contributed by atoms with Gasteiger partial charge in [-0.15, -0.1) is 0 Å². The van der Waals surface area contributed by atoms with Crippen LogP contribution in [0.4, 0.5) is 5.82 Å². The average Bonchev–Trinajstić information content (AvgIpc) is 2.37. The molecule has 1 aromatic heterocycles. The standard InChI is InChI=1S/C11H15ClN4O2/c1-7-6-16(2-3-18-7)11(17)8-4-9(12)14-10(5-8)15-13/h4-5,7H,2-3,6,13H2,1H3,(H,14,15). The topological polar surface area (TPSA) is 80.5 Å². The van der Waals surface area contributed by atoms with E-state index in [4.69, 9.17) is 22.2 Å². The summed E-state index contributed by atoms with van der Waals surface area (Å²) in [6, 6.07) is 3.11. The number of hydrogen-bond donors (Lipinski definition) is 2. The quantitative estimate of drug-likeness (QED) is 0.474. The third-order valence-electron chi connectivity index (χ3n) is 2.72. The number of ether oxygens (including phenoxy) is 1. The third kappa shape index (κ3) is 2.90. The molecule has 1 atom stereocenters. The van der Waals surface area contributed by atoms with Crippen LogP contribution in [-0.2, 0) is 4.74 Å². The van der Waals surface area contributed by atoms with Gasteiger partial charge >= 0.3 is 0 Å². The molecule has 18 heavy (non-hydrogen) atoms. The fraction of sp³-hybridized carbons (Fsp3) is 0.455. The maximum atomic E-state index is 12.3. The number of nitrogens with two attached hydrogens (primary N) is 1. The predicted octanol–water partition coefficient (Wildman–Crippen LogP) is 0.882. The van der Waals surface area contributed by atoms with E-state index in [9.17, 15) is 4.79 Å². The second kappa shape index (κ2) is 5.51. The first-order valence-corrected chi connectivity index (χ1v) is 6.03. The number of amides is 1. The summed E-state index contributed by atoms with van der Waals surface area (Å²) >= 11 is 5.84. The third-order valence-corrected chi connectivity index (χ3v) is 2.91. The molecule has 1 saturated heterocycles. The van der Waals surface area contributed by atoms with Crippen molar-refractivity contribution in [3.8, 4) is 0 Å². The van der Waals surface area contributed by atoms with Crippen LogP contribution in [0, 0.1) is 0 Å². The second-order valence-corrected chi connectivity index (χ2v) is 4.53. The van der Waals surface area contributed by atoms with Crippen molar-refractivity contribution in [2.45, 2.75) is 13.0 Å². The number of aromatic nitrogens is 1. The zero-order chi connectivity index (χ0) is 13.1. The first kappa shape index (κ1) is 13.1. The summed E-state index contributed by atoms with van der Waals surface area (Å²) in [5, 5.41) is 0.232. The normalized spacial score (nSPS) is 19.7. The van der Waals surface area contributed by atoms with Crippen molar-refractivity contribution in [2.75, 3.05) is 25.1 Å². The molecule has 1 aliphatic heterocycles. The molecule has 2 heterocycles. The van der Waals surface area contributed by atoms with Gasteiger partial charge in [0.15, 0.2) is 0 Å². The second-order valence-electron chi connectivity index (χ2n) is 4.14. The van der Waals surface area contributed by atoms with Crippen molar-refractivity contribution in [3.63, 3.8) is 0 Å². The Kier molecular flexibility index (Phi) is 4.00. The smallest absolute Gasteiger partial charge is 0.254 e. The van der Waals surface area contributed by atoms with Gasteiger partial charge in [0.05, 0.1) is 12.7 Å². The van der Waals surface area contributed by atoms with Crippen molar-refractivity contribution < 1.29 is 9.53 Å². The number of hydrogen-bond acceptors (Lipinski definition) is 5. The zero-order valence-electron chi connectivity index (χ0n) is 10.0. The summed E-state index contributed by atoms with van der Waals surface area (Å²) in [5.74, 6) is 5.55. The Balaban J connectivity index is 2.19. The van der Waals surface area contributed by atoms with E-state index < -0.39 is 0 Å². The van der Waals surface area contributed by atoms with Crippen molar-refractivity contribution in [1.29, 1.82) is 0 Å². The molecule has 1 aromatic rings. The van der Waals surface area contributed by atoms with Gasteiger partial charge in [-0.25, -0.2) is 10.8 Å². The number of rotatable bonds is 2. The molecule has 0 aliphatic carbocycles. The van der Waals surface area contributed by atoms with Crippen molar-refractivity contribution in [1.82, 2.24) is 9.88 Å². The van der Waals surface area contributed by atoms with Gasteiger partial charge in [0.2, 0.25) is 0 Å². The zero-order valence-corrected chi connectivity index (χ0v) is 10.8. The molecule has 6 nitrogen and oxygen atoms in total. The molecular formula is C11H15ClN4O2. The van der Waals surface area contributed by atoms with Gasteiger partial charge in [-0.2, -0.15) is 0 Å². The Hall–Kier alpha value is -1.37. The Morgan fingerprint density at radius 1 is 1.67 bits per heavy atom. The van der Waals surface area contributed by atoms with Crippen LogP contribution in [0.5, 0.6) is 0 Å². The molecule has 1 fully saturated rings. The van der Waals surface area contributed by atoms with Gasteiger partial charge in [-0.3, -0.25) is 4.79 Å². The fourth-order valence-corrected chi connectivity index (χ4v) is 2.09. The van der Waals surface area contributed by atoms with E-state index in [1.807, 2.05) is 6.92 Å². The largest absolute Gasteiger partial charge is 0.375 e. The SMILES string of the molecule is CC1CN(C(=O)c2cc(Cl)nc(NN)c2)CCO1. The summed E-state index contributed by atoms with van der Waals surface area (Å²) in [4.78, 5) is 17.9. The van der Waals surface area contributed by atoms with Crippen molar-refractivity contribution in [2.24, 2.45) is 5.84 Å². The molecule has 7 heteroatoms. The van der Waals surface area contributed by atoms with Gasteiger partial charge in [0, 0.05) is 18.7 Å². The number of hydrazine groups is 1. The molecule has 1 unspecified atom stereocenters. The van der Waals surface area contributed by atoms with E-state index in [0.717, 1.165) is 0 Å². The first-order chi connectivity index (χ1) is 8.60. The van der Waals surface area contributed by atoms with Crippen LogP contribution in [-0.4, -0.2) is 41.6 Å². The number of halogens is 1. The minimum atomic E-state index is -0.0917. The molecule has 3 N–H and O–H groups in total. The molecule has 0 spiro atoms. The molecule has 0 bridgehead atoms. The number of nitrogens with one attached hydrogen (secondary N) is 1. The summed E-state index contributed by atoms with van der Waals surface area (Å²) in [6.45, 7) is 3.64. The van der Waals surface area contributed by atoms with E-state index in [2.05, 4.69) is 10.4 Å². The van der Waals surface area contributed by atoms with Crippen LogP contribution < -0.4 is 11.3 Å². The maximum Gasteiger partial charge on any atom is 0.254 e. The number of carbonyl (C=O) groups is 1. The lowest BCUT2D eigenvalue weighted by atomic mass is 10.2. The highest BCUT2D eigenvalue weighted by Gasteiger charge is 2.23. The summed E-state index contributed by atoms with van der Waals surface area (Å²) in [5.41, 5.74) is 2.85. The monoisotopic (exact) mass is 270 g/mol. The lowest BCUT2D eigenvalue weighted by molar-refractivity contribution is -0.0124. The van der Waals surface area contributed by atoms with E-state index in [1.165, 1.54) is 6.07 Å². The van der Waals surface area contributed by atoms with Crippen molar-refractivity contribution in [3.05, 3.63) is 22.8 Å². The van der Waals surface area contributed by atoms with E-state index in [1.54, 1.807) is 11.0 Å². The van der Waals surface area contributed by atoms with Crippen LogP contribution in [0.3, 0.4) is 0 Å².